The summed E-state index contributed by atoms with van der Waals surface area (Å²) >= 11 is 0. The minimum atomic E-state index is -0.487. The molecule has 0 aromatic heterocycles. The predicted molar refractivity (Wildman–Crippen MR) is 111 cm³/mol. The third-order valence-corrected chi connectivity index (χ3v) is 4.94. The number of benzene rings is 2. The lowest BCUT2D eigenvalue weighted by Crippen LogP contribution is -2.29. The van der Waals surface area contributed by atoms with Crippen LogP contribution in [0, 0.1) is 10.1 Å². The second-order valence-electron chi connectivity index (χ2n) is 6.77. The van der Waals surface area contributed by atoms with Gasteiger partial charge in [-0.05, 0) is 50.5 Å². The average molecular weight is 383 g/mol. The van der Waals surface area contributed by atoms with Crippen LogP contribution in [-0.2, 0) is 0 Å². The summed E-state index contributed by atoms with van der Waals surface area (Å²) in [4.78, 5) is 25.6. The Labute approximate surface area is 166 Å². The van der Waals surface area contributed by atoms with Gasteiger partial charge in [-0.25, -0.2) is 0 Å². The summed E-state index contributed by atoms with van der Waals surface area (Å²) in [6, 6.07) is 15.6. The zero-order valence-electron chi connectivity index (χ0n) is 16.6. The molecule has 1 unspecified atom stereocenters. The SMILES string of the molecule is CCN(CC)CCCCC(NC(=O)c1cccc([N+](=O)[O-])c1)c1ccccc1. The van der Waals surface area contributed by atoms with E-state index in [9.17, 15) is 14.9 Å². The lowest BCUT2D eigenvalue weighted by Gasteiger charge is -2.21. The van der Waals surface area contributed by atoms with Crippen LogP contribution in [-0.4, -0.2) is 35.4 Å². The van der Waals surface area contributed by atoms with E-state index in [1.165, 1.54) is 18.2 Å². The number of nitrogens with zero attached hydrogens (tertiary/aromatic N) is 2. The largest absolute Gasteiger partial charge is 0.345 e. The number of rotatable bonds is 11. The molecule has 6 heteroatoms. The highest BCUT2D eigenvalue weighted by atomic mass is 16.6. The summed E-state index contributed by atoms with van der Waals surface area (Å²) in [6.07, 6.45) is 2.88. The monoisotopic (exact) mass is 383 g/mol. The van der Waals surface area contributed by atoms with E-state index in [0.29, 0.717) is 5.56 Å². The Morgan fingerprint density at radius 2 is 1.79 bits per heavy atom. The van der Waals surface area contributed by atoms with E-state index in [0.717, 1.165) is 44.5 Å². The summed E-state index contributed by atoms with van der Waals surface area (Å²) in [5, 5.41) is 14.0. The van der Waals surface area contributed by atoms with E-state index in [1.807, 2.05) is 30.3 Å². The lowest BCUT2D eigenvalue weighted by atomic mass is 10.00. The maximum atomic E-state index is 12.7. The fourth-order valence-corrected chi connectivity index (χ4v) is 3.23. The topological polar surface area (TPSA) is 75.5 Å². The number of unbranched alkanes of at least 4 members (excludes halogenated alkanes) is 1. The first-order chi connectivity index (χ1) is 13.5. The van der Waals surface area contributed by atoms with Crippen molar-refractivity contribution in [3.63, 3.8) is 0 Å². The molecule has 2 aromatic carbocycles. The number of carbonyl (C=O) groups is 1. The van der Waals surface area contributed by atoms with Gasteiger partial charge in [0.2, 0.25) is 0 Å². The fourth-order valence-electron chi connectivity index (χ4n) is 3.23. The highest BCUT2D eigenvalue weighted by molar-refractivity contribution is 5.95. The molecule has 28 heavy (non-hydrogen) atoms. The molecule has 1 amide bonds. The van der Waals surface area contributed by atoms with Crippen molar-refractivity contribution in [2.45, 2.75) is 39.2 Å². The molecule has 0 spiro atoms. The second-order valence-corrected chi connectivity index (χ2v) is 6.77. The quantitative estimate of drug-likeness (QED) is 0.350. The van der Waals surface area contributed by atoms with Gasteiger partial charge in [-0.2, -0.15) is 0 Å². The van der Waals surface area contributed by atoms with E-state index in [-0.39, 0.29) is 17.6 Å². The zero-order valence-corrected chi connectivity index (χ0v) is 16.6. The van der Waals surface area contributed by atoms with Crippen LogP contribution < -0.4 is 5.32 Å². The van der Waals surface area contributed by atoms with Gasteiger partial charge in [0, 0.05) is 17.7 Å². The van der Waals surface area contributed by atoms with Gasteiger partial charge in [0.05, 0.1) is 11.0 Å². The summed E-state index contributed by atoms with van der Waals surface area (Å²) in [6.45, 7) is 7.46. The molecule has 0 aliphatic heterocycles. The first-order valence-corrected chi connectivity index (χ1v) is 9.87. The molecular formula is C22H29N3O3. The molecule has 0 radical (unpaired) electrons. The number of nitro benzene ring substituents is 1. The molecule has 1 N–H and O–H groups in total. The fraction of sp³-hybridized carbons (Fsp3) is 0.409. The summed E-state index contributed by atoms with van der Waals surface area (Å²) in [5.74, 6) is -0.290. The van der Waals surface area contributed by atoms with E-state index in [4.69, 9.17) is 0 Å². The molecule has 1 atom stereocenters. The third kappa shape index (κ3) is 6.46. The predicted octanol–water partition coefficient (Wildman–Crippen LogP) is 4.58. The van der Waals surface area contributed by atoms with Crippen molar-refractivity contribution in [1.82, 2.24) is 10.2 Å². The Morgan fingerprint density at radius 1 is 1.07 bits per heavy atom. The molecule has 0 saturated heterocycles. The highest BCUT2D eigenvalue weighted by Gasteiger charge is 2.17. The second kappa shape index (κ2) is 11.2. The smallest absolute Gasteiger partial charge is 0.270 e. The van der Waals surface area contributed by atoms with E-state index >= 15 is 0 Å². The van der Waals surface area contributed by atoms with E-state index in [2.05, 4.69) is 24.1 Å². The van der Waals surface area contributed by atoms with E-state index in [1.54, 1.807) is 6.07 Å². The number of nitro groups is 1. The zero-order chi connectivity index (χ0) is 20.4. The molecule has 0 heterocycles. The van der Waals surface area contributed by atoms with Gasteiger partial charge in [-0.15, -0.1) is 0 Å². The van der Waals surface area contributed by atoms with Crippen LogP contribution in [0.5, 0.6) is 0 Å². The molecule has 0 saturated carbocycles. The number of carbonyl (C=O) groups excluding carboxylic acids is 1. The van der Waals surface area contributed by atoms with E-state index < -0.39 is 4.92 Å². The number of non-ortho nitro benzene ring substituents is 1. The lowest BCUT2D eigenvalue weighted by molar-refractivity contribution is -0.384. The number of amides is 1. The minimum absolute atomic E-state index is 0.0804. The average Bonchev–Trinajstić information content (AvgIpc) is 2.73. The maximum Gasteiger partial charge on any atom is 0.270 e. The van der Waals surface area contributed by atoms with Crippen LogP contribution in [0.25, 0.3) is 0 Å². The van der Waals surface area contributed by atoms with Gasteiger partial charge in [0.15, 0.2) is 0 Å². The van der Waals surface area contributed by atoms with Crippen molar-refractivity contribution in [2.24, 2.45) is 0 Å². The molecule has 150 valence electrons. The van der Waals surface area contributed by atoms with Crippen LogP contribution in [0.15, 0.2) is 54.6 Å². The normalized spacial score (nSPS) is 12.0. The van der Waals surface area contributed by atoms with Crippen LogP contribution in [0.4, 0.5) is 5.69 Å². The Hall–Kier alpha value is -2.73. The Bertz CT molecular complexity index is 761. The van der Waals surface area contributed by atoms with Gasteiger partial charge in [-0.3, -0.25) is 14.9 Å². The van der Waals surface area contributed by atoms with Gasteiger partial charge in [-0.1, -0.05) is 50.2 Å². The summed E-state index contributed by atoms with van der Waals surface area (Å²) < 4.78 is 0. The van der Waals surface area contributed by atoms with Crippen LogP contribution in [0.3, 0.4) is 0 Å². The van der Waals surface area contributed by atoms with Crippen molar-refractivity contribution in [1.29, 1.82) is 0 Å². The molecule has 0 aliphatic carbocycles. The first-order valence-electron chi connectivity index (χ1n) is 9.87. The molecule has 6 nitrogen and oxygen atoms in total. The van der Waals surface area contributed by atoms with Crippen molar-refractivity contribution in [2.75, 3.05) is 19.6 Å². The van der Waals surface area contributed by atoms with Crippen molar-refractivity contribution < 1.29 is 9.72 Å². The Kier molecular flexibility index (Phi) is 8.62. The van der Waals surface area contributed by atoms with Crippen LogP contribution in [0.2, 0.25) is 0 Å². The summed E-state index contributed by atoms with van der Waals surface area (Å²) in [5.41, 5.74) is 1.27. The third-order valence-electron chi connectivity index (χ3n) is 4.94. The van der Waals surface area contributed by atoms with Gasteiger partial charge in [0.25, 0.3) is 11.6 Å². The number of nitrogens with one attached hydrogen (secondary N) is 1. The Morgan fingerprint density at radius 3 is 2.43 bits per heavy atom. The summed E-state index contributed by atoms with van der Waals surface area (Å²) in [7, 11) is 0. The van der Waals surface area contributed by atoms with Crippen LogP contribution in [0.1, 0.15) is 55.1 Å². The Balaban J connectivity index is 2.04. The number of hydrogen-bond acceptors (Lipinski definition) is 4. The number of hydrogen-bond donors (Lipinski definition) is 1. The van der Waals surface area contributed by atoms with Crippen LogP contribution >= 0.6 is 0 Å². The van der Waals surface area contributed by atoms with Crippen molar-refractivity contribution in [3.8, 4) is 0 Å². The first kappa shape index (κ1) is 21.6. The standard InChI is InChI=1S/C22H29N3O3/c1-3-24(4-2)16-9-8-15-21(18-11-6-5-7-12-18)23-22(26)19-13-10-14-20(17-19)25(27)28/h5-7,10-14,17,21H,3-4,8-9,15-16H2,1-2H3,(H,23,26). The van der Waals surface area contributed by atoms with Crippen molar-refractivity contribution >= 4 is 11.6 Å². The van der Waals surface area contributed by atoms with Gasteiger partial charge in [0.1, 0.15) is 0 Å². The molecule has 2 aromatic rings. The molecule has 2 rings (SSSR count). The molecular weight excluding hydrogens is 354 g/mol. The molecule has 0 bridgehead atoms. The highest BCUT2D eigenvalue weighted by Crippen LogP contribution is 2.21. The minimum Gasteiger partial charge on any atom is -0.345 e. The molecule has 0 aliphatic rings. The van der Waals surface area contributed by atoms with Gasteiger partial charge >= 0.3 is 0 Å². The van der Waals surface area contributed by atoms with Gasteiger partial charge < -0.3 is 10.2 Å². The van der Waals surface area contributed by atoms with Crippen molar-refractivity contribution in [3.05, 3.63) is 75.8 Å². The molecule has 0 fully saturated rings. The maximum absolute atomic E-state index is 12.7.